The molecule has 0 amide bonds. The third-order valence-electron chi connectivity index (χ3n) is 2.59. The number of thiazole rings is 1. The topological polar surface area (TPSA) is 100 Å². The van der Waals surface area contributed by atoms with Gasteiger partial charge in [0.2, 0.25) is 0 Å². The van der Waals surface area contributed by atoms with E-state index in [2.05, 4.69) is 26.1 Å². The van der Waals surface area contributed by atoms with Gasteiger partial charge in [0.1, 0.15) is 6.54 Å². The Bertz CT molecular complexity index is 563. The van der Waals surface area contributed by atoms with Crippen molar-refractivity contribution in [3.8, 4) is 0 Å². The number of carbonyl (C=O) groups is 1. The lowest BCUT2D eigenvalue weighted by atomic mass is 10.3. The van der Waals surface area contributed by atoms with Crippen molar-refractivity contribution in [2.45, 2.75) is 10.8 Å². The second kappa shape index (κ2) is 10.6. The number of para-hydroxylation sites is 1. The molecule has 8 heteroatoms. The highest BCUT2D eigenvalue weighted by Gasteiger charge is 2.04. The molecule has 0 aliphatic heterocycles. The van der Waals surface area contributed by atoms with Crippen LogP contribution >= 0.6 is 23.1 Å². The summed E-state index contributed by atoms with van der Waals surface area (Å²) in [6, 6.07) is 7.92. The molecule has 1 aromatic heterocycles. The van der Waals surface area contributed by atoms with E-state index in [0.29, 0.717) is 5.75 Å². The molecule has 2 aromatic rings. The Hall–Kier alpha value is -1.19. The summed E-state index contributed by atoms with van der Waals surface area (Å²) in [5.41, 5.74) is 0.986. The fraction of sp³-hybridized carbons (Fsp3) is 0.467. The first-order chi connectivity index (χ1) is 10.3. The first kappa shape index (κ1) is 21.8. The molecule has 130 valence electrons. The van der Waals surface area contributed by atoms with Crippen molar-refractivity contribution in [1.29, 1.82) is 0 Å². The van der Waals surface area contributed by atoms with Gasteiger partial charge in [-0.15, -0.1) is 11.3 Å². The van der Waals surface area contributed by atoms with Crippen molar-refractivity contribution in [3.63, 3.8) is 0 Å². The highest BCUT2D eigenvalue weighted by molar-refractivity contribution is 8.01. The second-order valence-corrected chi connectivity index (χ2v) is 8.05. The maximum Gasteiger partial charge on any atom is 0.304 e. The maximum absolute atomic E-state index is 10.3. The van der Waals surface area contributed by atoms with E-state index in [1.807, 2.05) is 24.3 Å². The van der Waals surface area contributed by atoms with E-state index in [-0.39, 0.29) is 18.5 Å². The average Bonchev–Trinajstić information content (AvgIpc) is 2.80. The van der Waals surface area contributed by atoms with E-state index < -0.39 is 5.97 Å². The van der Waals surface area contributed by atoms with Gasteiger partial charge >= 0.3 is 5.97 Å². The summed E-state index contributed by atoms with van der Waals surface area (Å²) in [5.74, 6) is -0.182. The van der Waals surface area contributed by atoms with Gasteiger partial charge in [0.05, 0.1) is 44.4 Å². The van der Waals surface area contributed by atoms with Crippen LogP contribution in [0.5, 0.6) is 0 Å². The van der Waals surface area contributed by atoms with E-state index in [4.69, 9.17) is 10.2 Å². The van der Waals surface area contributed by atoms with Gasteiger partial charge in [-0.25, -0.2) is 4.98 Å². The third-order valence-corrected chi connectivity index (χ3v) is 4.77. The number of carboxylic acid groups (broad SMARTS) is 1. The molecule has 0 unspecified atom stereocenters. The van der Waals surface area contributed by atoms with Crippen LogP contribution in [0.3, 0.4) is 0 Å². The number of quaternary nitrogens is 1. The van der Waals surface area contributed by atoms with Crippen LogP contribution in [0.1, 0.15) is 6.42 Å². The largest absolute Gasteiger partial charge is 0.870 e. The van der Waals surface area contributed by atoms with E-state index in [1.165, 1.54) is 11.8 Å². The Labute approximate surface area is 144 Å². The normalized spacial score (nSPS) is 10.6. The summed E-state index contributed by atoms with van der Waals surface area (Å²) in [6.07, 6.45) is 0.181. The predicted octanol–water partition coefficient (Wildman–Crippen LogP) is 2.37. The van der Waals surface area contributed by atoms with Gasteiger partial charge in [0.25, 0.3) is 0 Å². The molecule has 0 radical (unpaired) electrons. The van der Waals surface area contributed by atoms with Gasteiger partial charge in [0.15, 0.2) is 4.34 Å². The van der Waals surface area contributed by atoms with Crippen LogP contribution in [0.25, 0.3) is 10.2 Å². The number of nitrogens with zero attached hydrogens (tertiary/aromatic N) is 2. The Morgan fingerprint density at radius 2 is 1.96 bits per heavy atom. The first-order valence-corrected chi connectivity index (χ1v) is 8.73. The van der Waals surface area contributed by atoms with Crippen LogP contribution in [-0.2, 0) is 4.79 Å². The van der Waals surface area contributed by atoms with Crippen LogP contribution < -0.4 is 0 Å². The van der Waals surface area contributed by atoms with Gasteiger partial charge in [-0.05, 0) is 12.1 Å². The summed E-state index contributed by atoms with van der Waals surface area (Å²) in [4.78, 5) is 14.7. The number of aliphatic hydroxyl groups is 1. The fourth-order valence-electron chi connectivity index (χ4n) is 1.44. The number of aliphatic carboxylic acids is 1. The van der Waals surface area contributed by atoms with E-state index >= 15 is 0 Å². The zero-order valence-corrected chi connectivity index (χ0v) is 15.2. The van der Waals surface area contributed by atoms with Crippen molar-refractivity contribution in [2.24, 2.45) is 0 Å². The average molecular weight is 361 g/mol. The lowest BCUT2D eigenvalue weighted by Crippen LogP contribution is -2.36. The van der Waals surface area contributed by atoms with Gasteiger partial charge in [0, 0.05) is 5.75 Å². The number of hydrogen-bond donors (Lipinski definition) is 2. The monoisotopic (exact) mass is 360 g/mol. The molecule has 0 aliphatic rings. The Kier molecular flexibility index (Phi) is 10.0. The molecule has 0 saturated heterocycles. The smallest absolute Gasteiger partial charge is 0.304 e. The zero-order valence-electron chi connectivity index (χ0n) is 13.6. The Morgan fingerprint density at radius 1 is 1.30 bits per heavy atom. The van der Waals surface area contributed by atoms with Crippen molar-refractivity contribution >= 4 is 39.3 Å². The van der Waals surface area contributed by atoms with Crippen molar-refractivity contribution in [1.82, 2.24) is 4.98 Å². The summed E-state index contributed by atoms with van der Waals surface area (Å²) < 4.78 is 2.93. The number of fused-ring (bicyclic) bond motifs is 1. The number of carboxylic acids is 1. The molecule has 0 bridgehead atoms. The first-order valence-electron chi connectivity index (χ1n) is 6.93. The molecule has 3 N–H and O–H groups in total. The number of hydrogen-bond acceptors (Lipinski definition) is 6. The van der Waals surface area contributed by atoms with Crippen molar-refractivity contribution < 1.29 is 25.0 Å². The molecular weight excluding hydrogens is 336 g/mol. The zero-order chi connectivity index (χ0) is 16.6. The number of aromatic nitrogens is 1. The van der Waals surface area contributed by atoms with Crippen molar-refractivity contribution in [2.75, 3.05) is 40.0 Å². The molecular formula is C15H24N2O4S2. The number of thioether (sulfide) groups is 1. The quantitative estimate of drug-likeness (QED) is 0.606. The van der Waals surface area contributed by atoms with E-state index in [9.17, 15) is 4.79 Å². The number of likely N-dealkylation sites (N-methyl/N-ethyl adjacent to an activating group) is 1. The van der Waals surface area contributed by atoms with E-state index in [1.54, 1.807) is 11.3 Å². The molecule has 2 rings (SSSR count). The highest BCUT2D eigenvalue weighted by atomic mass is 32.2. The highest BCUT2D eigenvalue weighted by Crippen LogP contribution is 2.29. The standard InChI is InChI=1S/C10H9NO2S2.C5H14NO.H2O/c12-9(13)5-6-14-10-11-7-3-1-2-4-8(7)15-10;1-6(2,3)4-5-7;/h1-4H,5-6H2,(H,12,13);7H,4-5H2,1-3H3;1H2/q;+1;/p-1. The predicted molar refractivity (Wildman–Crippen MR) is 94.5 cm³/mol. The number of aliphatic hydroxyl groups excluding tert-OH is 1. The van der Waals surface area contributed by atoms with Crippen molar-refractivity contribution in [3.05, 3.63) is 24.3 Å². The summed E-state index contributed by atoms with van der Waals surface area (Å²) in [5, 5.41) is 16.9. The molecule has 0 spiro atoms. The maximum atomic E-state index is 10.3. The molecule has 1 aromatic carbocycles. The van der Waals surface area contributed by atoms with Gasteiger partial charge in [-0.1, -0.05) is 23.9 Å². The molecule has 1 heterocycles. The van der Waals surface area contributed by atoms with Crippen LogP contribution in [0.15, 0.2) is 28.6 Å². The lowest BCUT2D eigenvalue weighted by Gasteiger charge is -2.21. The molecule has 0 aliphatic carbocycles. The fourth-order valence-corrected chi connectivity index (χ4v) is 3.50. The second-order valence-electron chi connectivity index (χ2n) is 5.68. The summed E-state index contributed by atoms with van der Waals surface area (Å²) in [6.45, 7) is 1.11. The van der Waals surface area contributed by atoms with Gasteiger partial charge < -0.3 is 20.2 Å². The molecule has 0 saturated carbocycles. The minimum absolute atomic E-state index is 0. The van der Waals surface area contributed by atoms with Crippen LogP contribution in [0.4, 0.5) is 0 Å². The Balaban J connectivity index is 0.000000522. The molecule has 6 nitrogen and oxygen atoms in total. The summed E-state index contributed by atoms with van der Waals surface area (Å²) in [7, 11) is 6.16. The molecule has 23 heavy (non-hydrogen) atoms. The van der Waals surface area contributed by atoms with Gasteiger partial charge in [-0.2, -0.15) is 0 Å². The van der Waals surface area contributed by atoms with E-state index in [0.717, 1.165) is 25.6 Å². The molecule has 0 atom stereocenters. The van der Waals surface area contributed by atoms with Gasteiger partial charge in [-0.3, -0.25) is 4.79 Å². The molecule has 0 fully saturated rings. The lowest BCUT2D eigenvalue weighted by molar-refractivity contribution is -0.870. The van der Waals surface area contributed by atoms with Crippen LogP contribution in [0, 0.1) is 0 Å². The Morgan fingerprint density at radius 3 is 2.43 bits per heavy atom. The van der Waals surface area contributed by atoms with Crippen LogP contribution in [-0.4, -0.2) is 71.2 Å². The minimum atomic E-state index is -0.761. The summed E-state index contributed by atoms with van der Waals surface area (Å²) >= 11 is 3.11. The third kappa shape index (κ3) is 9.52. The number of benzene rings is 1. The van der Waals surface area contributed by atoms with Crippen LogP contribution in [0.2, 0.25) is 0 Å². The SMILES string of the molecule is C[N+](C)(C)CCO.O=C(O)CCSc1nc2ccccc2s1.[OH-]. The number of rotatable bonds is 6. The minimum Gasteiger partial charge on any atom is -0.870 e.